The van der Waals surface area contributed by atoms with Gasteiger partial charge in [0.15, 0.2) is 11.5 Å². The monoisotopic (exact) mass is 313 g/mol. The van der Waals surface area contributed by atoms with Gasteiger partial charge in [-0.2, -0.15) is 0 Å². The molecule has 2 aromatic rings. The van der Waals surface area contributed by atoms with Crippen LogP contribution in [0.3, 0.4) is 0 Å². The lowest BCUT2D eigenvalue weighted by atomic mass is 10.2. The number of ether oxygens (including phenoxy) is 2. The molecule has 0 heterocycles. The number of halogens is 3. The smallest absolute Gasteiger partial charge is 0.162 e. The van der Waals surface area contributed by atoms with E-state index in [9.17, 15) is 8.78 Å². The van der Waals surface area contributed by atoms with Crippen molar-refractivity contribution < 1.29 is 18.3 Å². The minimum atomic E-state index is -0.612. The molecular weight excluding hydrogens is 300 g/mol. The fourth-order valence-corrected chi connectivity index (χ4v) is 2.09. The number of nitrogens with one attached hydrogen (secondary N) is 1. The number of methoxy groups -OCH3 is 2. The average molecular weight is 314 g/mol. The third kappa shape index (κ3) is 3.36. The molecule has 2 aromatic carbocycles. The van der Waals surface area contributed by atoms with Crippen LogP contribution >= 0.6 is 11.6 Å². The van der Waals surface area contributed by atoms with E-state index < -0.39 is 11.6 Å². The van der Waals surface area contributed by atoms with Crippen LogP contribution in [0, 0.1) is 11.6 Å². The molecule has 21 heavy (non-hydrogen) atoms. The molecule has 0 amide bonds. The lowest BCUT2D eigenvalue weighted by molar-refractivity contribution is 0.355. The predicted molar refractivity (Wildman–Crippen MR) is 78.2 cm³/mol. The first-order valence-corrected chi connectivity index (χ1v) is 6.53. The Hall–Kier alpha value is -2.01. The zero-order valence-electron chi connectivity index (χ0n) is 11.5. The number of rotatable bonds is 5. The maximum Gasteiger partial charge on any atom is 0.162 e. The Balaban J connectivity index is 2.24. The van der Waals surface area contributed by atoms with Crippen molar-refractivity contribution in [3.63, 3.8) is 0 Å². The summed E-state index contributed by atoms with van der Waals surface area (Å²) >= 11 is 6.10. The van der Waals surface area contributed by atoms with Crippen molar-refractivity contribution in [1.29, 1.82) is 0 Å². The Morgan fingerprint density at radius 3 is 2.19 bits per heavy atom. The van der Waals surface area contributed by atoms with Crippen molar-refractivity contribution in [2.24, 2.45) is 0 Å². The zero-order valence-corrected chi connectivity index (χ0v) is 12.3. The molecule has 112 valence electrons. The van der Waals surface area contributed by atoms with Gasteiger partial charge < -0.3 is 14.8 Å². The van der Waals surface area contributed by atoms with E-state index in [0.29, 0.717) is 22.2 Å². The van der Waals surface area contributed by atoms with Crippen LogP contribution in [-0.2, 0) is 6.54 Å². The van der Waals surface area contributed by atoms with Crippen LogP contribution in [0.15, 0.2) is 30.3 Å². The van der Waals surface area contributed by atoms with E-state index in [-0.39, 0.29) is 12.1 Å². The van der Waals surface area contributed by atoms with Crippen molar-refractivity contribution >= 4 is 17.3 Å². The molecule has 0 aliphatic heterocycles. The third-order valence-electron chi connectivity index (χ3n) is 2.99. The summed E-state index contributed by atoms with van der Waals surface area (Å²) in [5.74, 6) is -0.276. The summed E-state index contributed by atoms with van der Waals surface area (Å²) in [6.07, 6.45) is 0. The van der Waals surface area contributed by atoms with Gasteiger partial charge in [0.25, 0.3) is 0 Å². The first kappa shape index (κ1) is 15.4. The maximum absolute atomic E-state index is 13.6. The molecule has 0 fully saturated rings. The summed E-state index contributed by atoms with van der Waals surface area (Å²) in [6, 6.07) is 6.91. The van der Waals surface area contributed by atoms with Gasteiger partial charge in [0.2, 0.25) is 0 Å². The van der Waals surface area contributed by atoms with E-state index in [1.807, 2.05) is 0 Å². The van der Waals surface area contributed by atoms with E-state index in [2.05, 4.69) is 5.32 Å². The normalized spacial score (nSPS) is 10.3. The molecule has 0 aromatic heterocycles. The fraction of sp³-hybridized carbons (Fsp3) is 0.200. The summed E-state index contributed by atoms with van der Waals surface area (Å²) in [5, 5.41) is 3.25. The van der Waals surface area contributed by atoms with Gasteiger partial charge in [-0.1, -0.05) is 17.7 Å². The molecule has 3 nitrogen and oxygen atoms in total. The lowest BCUT2D eigenvalue weighted by Crippen LogP contribution is -2.05. The van der Waals surface area contributed by atoms with Crippen LogP contribution in [-0.4, -0.2) is 14.2 Å². The summed E-state index contributed by atoms with van der Waals surface area (Å²) in [7, 11) is 2.99. The molecule has 0 unspecified atom stereocenters. The molecule has 2 rings (SSSR count). The second-order valence-corrected chi connectivity index (χ2v) is 4.65. The molecule has 0 radical (unpaired) electrons. The number of hydrogen-bond donors (Lipinski definition) is 1. The van der Waals surface area contributed by atoms with Crippen LogP contribution in [0.1, 0.15) is 5.56 Å². The minimum Gasteiger partial charge on any atom is -0.493 e. The number of hydrogen-bond acceptors (Lipinski definition) is 3. The van der Waals surface area contributed by atoms with Gasteiger partial charge in [-0.3, -0.25) is 0 Å². The Morgan fingerprint density at radius 2 is 1.62 bits per heavy atom. The molecular formula is C15H14ClF2NO2. The van der Waals surface area contributed by atoms with Crippen molar-refractivity contribution in [1.82, 2.24) is 0 Å². The van der Waals surface area contributed by atoms with E-state index in [1.165, 1.54) is 32.4 Å². The minimum absolute atomic E-state index is 0.0340. The van der Waals surface area contributed by atoms with Gasteiger partial charge in [-0.05, 0) is 12.1 Å². The molecule has 0 aliphatic rings. The van der Waals surface area contributed by atoms with Gasteiger partial charge >= 0.3 is 0 Å². The SMILES string of the molecule is COc1cc(Cl)c(NCc2c(F)cccc2F)cc1OC. The zero-order chi connectivity index (χ0) is 15.4. The van der Waals surface area contributed by atoms with Crippen LogP contribution in [0.5, 0.6) is 11.5 Å². The molecule has 0 saturated carbocycles. The topological polar surface area (TPSA) is 30.5 Å². The van der Waals surface area contributed by atoms with Crippen molar-refractivity contribution in [2.75, 3.05) is 19.5 Å². The van der Waals surface area contributed by atoms with Gasteiger partial charge in [0, 0.05) is 24.2 Å². The Bertz CT molecular complexity index is 630. The fourth-order valence-electron chi connectivity index (χ4n) is 1.87. The second-order valence-electron chi connectivity index (χ2n) is 4.24. The summed E-state index contributed by atoms with van der Waals surface area (Å²) < 4.78 is 37.4. The number of benzene rings is 2. The lowest BCUT2D eigenvalue weighted by Gasteiger charge is -2.14. The molecule has 0 spiro atoms. The highest BCUT2D eigenvalue weighted by Gasteiger charge is 2.12. The first-order chi connectivity index (χ1) is 10.1. The van der Waals surface area contributed by atoms with E-state index >= 15 is 0 Å². The van der Waals surface area contributed by atoms with Crippen LogP contribution < -0.4 is 14.8 Å². The second kappa shape index (κ2) is 6.63. The summed E-state index contributed by atoms with van der Waals surface area (Å²) in [5.41, 5.74) is 0.445. The quantitative estimate of drug-likeness (QED) is 0.895. The van der Waals surface area contributed by atoms with E-state index in [0.717, 1.165) is 0 Å². The first-order valence-electron chi connectivity index (χ1n) is 6.15. The Morgan fingerprint density at radius 1 is 1.05 bits per heavy atom. The van der Waals surface area contributed by atoms with Gasteiger partial charge in [0.05, 0.1) is 24.9 Å². The van der Waals surface area contributed by atoms with Gasteiger partial charge in [0.1, 0.15) is 11.6 Å². The molecule has 0 saturated heterocycles. The van der Waals surface area contributed by atoms with Crippen LogP contribution in [0.25, 0.3) is 0 Å². The highest BCUT2D eigenvalue weighted by molar-refractivity contribution is 6.33. The van der Waals surface area contributed by atoms with Gasteiger partial charge in [-0.15, -0.1) is 0 Å². The van der Waals surface area contributed by atoms with Crippen molar-refractivity contribution in [2.45, 2.75) is 6.54 Å². The summed E-state index contributed by atoms with van der Waals surface area (Å²) in [4.78, 5) is 0. The third-order valence-corrected chi connectivity index (χ3v) is 3.30. The van der Waals surface area contributed by atoms with Gasteiger partial charge in [-0.25, -0.2) is 8.78 Å². The van der Waals surface area contributed by atoms with Crippen molar-refractivity contribution in [3.05, 3.63) is 52.6 Å². The largest absolute Gasteiger partial charge is 0.493 e. The Kier molecular flexibility index (Phi) is 4.85. The summed E-state index contributed by atoms with van der Waals surface area (Å²) in [6.45, 7) is -0.0340. The molecule has 6 heteroatoms. The average Bonchev–Trinajstić information content (AvgIpc) is 2.47. The Labute approximate surface area is 126 Å². The van der Waals surface area contributed by atoms with E-state index in [4.69, 9.17) is 21.1 Å². The number of anilines is 1. The molecule has 0 atom stereocenters. The van der Waals surface area contributed by atoms with E-state index in [1.54, 1.807) is 12.1 Å². The predicted octanol–water partition coefficient (Wildman–Crippen LogP) is 4.25. The molecule has 0 bridgehead atoms. The van der Waals surface area contributed by atoms with Crippen LogP contribution in [0.4, 0.5) is 14.5 Å². The van der Waals surface area contributed by atoms with Crippen molar-refractivity contribution in [3.8, 4) is 11.5 Å². The highest BCUT2D eigenvalue weighted by atomic mass is 35.5. The molecule has 1 N–H and O–H groups in total. The maximum atomic E-state index is 13.6. The van der Waals surface area contributed by atoms with Crippen LogP contribution in [0.2, 0.25) is 5.02 Å². The highest BCUT2D eigenvalue weighted by Crippen LogP contribution is 2.36. The molecule has 0 aliphatic carbocycles. The standard InChI is InChI=1S/C15H14ClF2NO2/c1-20-14-6-10(16)13(7-15(14)21-2)19-8-9-11(17)4-3-5-12(9)18/h3-7,19H,8H2,1-2H3.